The van der Waals surface area contributed by atoms with Gasteiger partial charge in [-0.1, -0.05) is 42.9 Å². The minimum atomic E-state index is -2.14. The molecule has 1 fully saturated rings. The summed E-state index contributed by atoms with van der Waals surface area (Å²) in [6.45, 7) is 12.7. The maximum atomic E-state index is 13.3. The number of hydrogen-bond donors (Lipinski definition) is 1. The highest BCUT2D eigenvalue weighted by Gasteiger charge is 2.49. The van der Waals surface area contributed by atoms with E-state index in [0.717, 1.165) is 53.2 Å². The second-order valence-corrected chi connectivity index (χ2v) is 17.8. The Balaban J connectivity index is 2.16. The Morgan fingerprint density at radius 3 is 2.41 bits per heavy atom. The molecule has 160 valence electrons. The quantitative estimate of drug-likeness (QED) is 0.502. The molecule has 3 rings (SSSR count). The largest absolute Gasteiger partial charge is 0.458 e. The van der Waals surface area contributed by atoms with Crippen LogP contribution in [0.5, 0.6) is 0 Å². The van der Waals surface area contributed by atoms with Crippen LogP contribution in [0.25, 0.3) is 5.57 Å². The molecule has 1 aromatic carbocycles. The van der Waals surface area contributed by atoms with E-state index in [9.17, 15) is 4.79 Å². The van der Waals surface area contributed by atoms with Gasteiger partial charge in [0.2, 0.25) is 0 Å². The van der Waals surface area contributed by atoms with E-state index in [1.165, 1.54) is 5.56 Å². The van der Waals surface area contributed by atoms with Crippen molar-refractivity contribution in [2.24, 2.45) is 0 Å². The van der Waals surface area contributed by atoms with Crippen molar-refractivity contribution < 1.29 is 9.32 Å². The molecule has 29 heavy (non-hydrogen) atoms. The minimum absolute atomic E-state index is 0.00880. The molecule has 1 amide bonds. The lowest BCUT2D eigenvalue weighted by molar-refractivity contribution is -0.116. The fraction of sp³-hybridized carbons (Fsp3) is 0.591. The maximum absolute atomic E-state index is 13.3. The minimum Gasteiger partial charge on any atom is -0.458 e. The third-order valence-electron chi connectivity index (χ3n) is 5.72. The first-order valence-corrected chi connectivity index (χ1v) is 16.1. The predicted molar refractivity (Wildman–Crippen MR) is 134 cm³/mol. The molecule has 1 saturated heterocycles. The second kappa shape index (κ2) is 8.98. The van der Waals surface area contributed by atoms with Crippen LogP contribution >= 0.6 is 28.6 Å². The van der Waals surface area contributed by atoms with Crippen molar-refractivity contribution in [1.82, 2.24) is 5.32 Å². The van der Waals surface area contributed by atoms with Crippen LogP contribution in [0.2, 0.25) is 0 Å². The molecule has 7 heteroatoms. The smallest absolute Gasteiger partial charge is 0.256 e. The van der Waals surface area contributed by atoms with E-state index in [0.29, 0.717) is 10.8 Å². The summed E-state index contributed by atoms with van der Waals surface area (Å²) in [5, 5.41) is 3.78. The van der Waals surface area contributed by atoms with E-state index in [2.05, 4.69) is 58.7 Å². The van der Waals surface area contributed by atoms with Crippen molar-refractivity contribution in [3.63, 3.8) is 0 Å². The molecule has 2 atom stereocenters. The Morgan fingerprint density at radius 2 is 1.86 bits per heavy atom. The lowest BCUT2D eigenvalue weighted by Crippen LogP contribution is -2.47. The Morgan fingerprint density at radius 1 is 1.28 bits per heavy atom. The lowest BCUT2D eigenvalue weighted by Gasteiger charge is -2.37. The molecule has 0 aromatic heterocycles. The molecule has 0 saturated carbocycles. The van der Waals surface area contributed by atoms with Crippen LogP contribution in [0, 0.1) is 20.8 Å². The van der Waals surface area contributed by atoms with Crippen LogP contribution in [-0.2, 0) is 21.1 Å². The third-order valence-corrected chi connectivity index (χ3v) is 11.7. The van der Waals surface area contributed by atoms with Crippen molar-refractivity contribution in [2.45, 2.75) is 64.7 Å². The third kappa shape index (κ3) is 4.92. The van der Waals surface area contributed by atoms with Gasteiger partial charge in [0.1, 0.15) is 11.3 Å². The average Bonchev–Trinajstić information content (AvgIpc) is 2.85. The molecule has 2 aliphatic heterocycles. The molecule has 0 bridgehead atoms. The van der Waals surface area contributed by atoms with Crippen LogP contribution in [-0.4, -0.2) is 34.9 Å². The number of carbonyl (C=O) groups excluding carboxylic acids is 1. The van der Waals surface area contributed by atoms with Gasteiger partial charge in [-0.2, -0.15) is 11.8 Å². The first kappa shape index (κ1) is 23.2. The number of aryl methyl sites for hydroxylation is 3. The van der Waals surface area contributed by atoms with Crippen LogP contribution in [0.4, 0.5) is 0 Å². The van der Waals surface area contributed by atoms with Crippen molar-refractivity contribution >= 4 is 51.9 Å². The van der Waals surface area contributed by atoms with Gasteiger partial charge in [-0.15, -0.1) is 0 Å². The fourth-order valence-electron chi connectivity index (χ4n) is 4.27. The second-order valence-electron chi connectivity index (χ2n) is 8.31. The summed E-state index contributed by atoms with van der Waals surface area (Å²) in [6, 6.07) is 4.30. The summed E-state index contributed by atoms with van der Waals surface area (Å²) in [5.74, 6) is 2.86. The Bertz CT molecular complexity index is 867. The van der Waals surface area contributed by atoms with Gasteiger partial charge < -0.3 is 9.84 Å². The number of carbonyl (C=O) groups is 1. The zero-order valence-corrected chi connectivity index (χ0v) is 21.6. The zero-order valence-electron chi connectivity index (χ0n) is 18.3. The highest BCUT2D eigenvalue weighted by molar-refractivity contribution is 8.69. The summed E-state index contributed by atoms with van der Waals surface area (Å²) in [7, 11) is 0. The van der Waals surface area contributed by atoms with Crippen molar-refractivity contribution in [3.05, 3.63) is 40.1 Å². The summed E-state index contributed by atoms with van der Waals surface area (Å²) in [4.78, 5) is 13.3. The Labute approximate surface area is 189 Å². The highest BCUT2D eigenvalue weighted by Crippen LogP contribution is 2.63. The molecule has 2 heterocycles. The summed E-state index contributed by atoms with van der Waals surface area (Å²) < 4.78 is 6.72. The van der Waals surface area contributed by atoms with Crippen LogP contribution in [0.15, 0.2) is 17.9 Å². The van der Waals surface area contributed by atoms with Crippen molar-refractivity contribution in [2.75, 3.05) is 18.2 Å². The molecular weight excluding hydrogens is 437 g/mol. The molecule has 1 spiro atoms. The van der Waals surface area contributed by atoms with Crippen LogP contribution in [0.3, 0.4) is 0 Å². The van der Waals surface area contributed by atoms with Gasteiger partial charge in [0.25, 0.3) is 5.91 Å². The van der Waals surface area contributed by atoms with Gasteiger partial charge in [-0.25, -0.2) is 0 Å². The first-order valence-electron chi connectivity index (χ1n) is 10.3. The van der Waals surface area contributed by atoms with E-state index in [-0.39, 0.29) is 5.91 Å². The van der Waals surface area contributed by atoms with Crippen LogP contribution in [0.1, 0.15) is 55.4 Å². The average molecular weight is 470 g/mol. The van der Waals surface area contributed by atoms with Gasteiger partial charge in [0.15, 0.2) is 5.47 Å². The number of amides is 1. The van der Waals surface area contributed by atoms with E-state index in [4.69, 9.17) is 16.3 Å². The standard InChI is InChI=1S/C22H32NO2PS3/c1-7-17(5)29-26(6,27)25-20-19(18-15(3)12-14(2)13-16(18)4)21(24)23-22(20)8-10-28-11-9-22/h12-13,17H,7-11H2,1-6H3,(H,23,24). The van der Waals surface area contributed by atoms with E-state index in [1.54, 1.807) is 11.4 Å². The van der Waals surface area contributed by atoms with Gasteiger partial charge in [0, 0.05) is 11.9 Å². The monoisotopic (exact) mass is 469 g/mol. The van der Waals surface area contributed by atoms with Crippen LogP contribution < -0.4 is 5.32 Å². The number of benzene rings is 1. The topological polar surface area (TPSA) is 38.3 Å². The number of rotatable bonds is 6. The molecule has 2 unspecified atom stereocenters. The van der Waals surface area contributed by atoms with Crippen molar-refractivity contribution in [3.8, 4) is 0 Å². The number of thioether (sulfide) groups is 1. The maximum Gasteiger partial charge on any atom is 0.256 e. The summed E-state index contributed by atoms with van der Waals surface area (Å²) in [6.07, 6.45) is 2.85. The molecule has 0 aliphatic carbocycles. The first-order chi connectivity index (χ1) is 13.6. The van der Waals surface area contributed by atoms with E-state index >= 15 is 0 Å². The molecule has 2 aliphatic rings. The number of hydrogen-bond acceptors (Lipinski definition) is 5. The Kier molecular flexibility index (Phi) is 7.20. The molecule has 1 N–H and O–H groups in total. The zero-order chi connectivity index (χ0) is 21.4. The molecule has 0 radical (unpaired) electrons. The molecule has 3 nitrogen and oxygen atoms in total. The summed E-state index contributed by atoms with van der Waals surface area (Å²) >= 11 is 9.69. The highest BCUT2D eigenvalue weighted by atomic mass is 32.9. The van der Waals surface area contributed by atoms with Gasteiger partial charge in [-0.05, 0) is 80.0 Å². The SMILES string of the molecule is CCC(C)SP(C)(=S)OC1=C(c2c(C)cc(C)cc2C)C(=O)NC12CCSCC2. The van der Waals surface area contributed by atoms with E-state index < -0.39 is 11.0 Å². The van der Waals surface area contributed by atoms with E-state index in [1.807, 2.05) is 11.8 Å². The van der Waals surface area contributed by atoms with Gasteiger partial charge >= 0.3 is 0 Å². The van der Waals surface area contributed by atoms with Crippen molar-refractivity contribution in [1.29, 1.82) is 0 Å². The fourth-order valence-corrected chi connectivity index (χ4v) is 11.2. The summed E-state index contributed by atoms with van der Waals surface area (Å²) in [5.41, 5.74) is 2.64. The van der Waals surface area contributed by atoms with Gasteiger partial charge in [0.05, 0.1) is 5.57 Å². The predicted octanol–water partition coefficient (Wildman–Crippen LogP) is 6.21. The lowest BCUT2D eigenvalue weighted by atomic mass is 9.87. The normalized spacial score (nSPS) is 21.8. The van der Waals surface area contributed by atoms with Gasteiger partial charge in [-0.3, -0.25) is 4.79 Å². The number of nitrogens with one attached hydrogen (secondary N) is 1. The Hall–Kier alpha value is -0.420. The molecular formula is C22H32NO2PS3. The molecule has 1 aromatic rings.